The number of nitrogens with zero attached hydrogens (tertiary/aromatic N) is 2. The maximum absolute atomic E-state index is 14.0. The van der Waals surface area contributed by atoms with Gasteiger partial charge in [0, 0.05) is 23.2 Å². The molecule has 0 bridgehead atoms. The molecule has 7 heteroatoms. The van der Waals surface area contributed by atoms with Crippen LogP contribution in [0, 0.1) is 18.8 Å². The highest BCUT2D eigenvalue weighted by atomic mass is 32.2. The third-order valence-electron chi connectivity index (χ3n) is 6.67. The summed E-state index contributed by atoms with van der Waals surface area (Å²) in [5.41, 5.74) is 2.86. The van der Waals surface area contributed by atoms with Gasteiger partial charge in [-0.05, 0) is 38.1 Å². The normalized spacial score (nSPS) is 12.5. The van der Waals surface area contributed by atoms with Crippen molar-refractivity contribution in [3.8, 4) is 11.8 Å². The molecule has 0 spiro atoms. The lowest BCUT2D eigenvalue weighted by Crippen LogP contribution is -2.45. The predicted molar refractivity (Wildman–Crippen MR) is 167 cm³/mol. The van der Waals surface area contributed by atoms with E-state index in [0.29, 0.717) is 5.71 Å². The minimum atomic E-state index is -4.00. The fraction of sp³-hybridized carbons (Fsp3) is 0.200. The molecular weight excluding hydrogens is 544 g/mol. The summed E-state index contributed by atoms with van der Waals surface area (Å²) < 4.78 is 34.4. The fourth-order valence-electron chi connectivity index (χ4n) is 4.49. The van der Waals surface area contributed by atoms with Crippen LogP contribution in [0.1, 0.15) is 35.6 Å². The molecule has 1 unspecified atom stereocenters. The number of aliphatic imine (C=N–C) groups is 1. The van der Waals surface area contributed by atoms with Gasteiger partial charge in [0.05, 0.1) is 36.2 Å². The summed E-state index contributed by atoms with van der Waals surface area (Å²) in [5.74, 6) is 5.59. The smallest absolute Gasteiger partial charge is 0.308 e. The molecule has 42 heavy (non-hydrogen) atoms. The lowest BCUT2D eigenvalue weighted by atomic mass is 9.95. The van der Waals surface area contributed by atoms with Gasteiger partial charge in [0.2, 0.25) is 10.0 Å². The summed E-state index contributed by atoms with van der Waals surface area (Å²) in [6.07, 6.45) is -0.140. The van der Waals surface area contributed by atoms with Crippen molar-refractivity contribution < 1.29 is 17.9 Å². The summed E-state index contributed by atoms with van der Waals surface area (Å²) in [6, 6.07) is 35.3. The molecule has 0 N–H and O–H groups in total. The Balaban J connectivity index is 1.83. The molecule has 0 fully saturated rings. The van der Waals surface area contributed by atoms with E-state index >= 15 is 0 Å². The summed E-state index contributed by atoms with van der Waals surface area (Å²) >= 11 is 0. The second kappa shape index (κ2) is 13.9. The van der Waals surface area contributed by atoms with E-state index < -0.39 is 21.5 Å². The molecular formula is C35H34N2O4S. The number of esters is 1. The fourth-order valence-corrected chi connectivity index (χ4v) is 5.95. The monoisotopic (exact) mass is 578 g/mol. The molecule has 0 aliphatic carbocycles. The number of rotatable bonds is 10. The molecule has 0 heterocycles. The SMILES string of the molecule is COC(=O)CC(C)(CN(CC#Cc1ccccc1)S(=O)(=O)c1ccc(C)cc1)N=C(c1ccccc1)c1ccccc1. The van der Waals surface area contributed by atoms with Crippen molar-refractivity contribution in [2.75, 3.05) is 20.2 Å². The first-order valence-corrected chi connectivity index (χ1v) is 15.0. The first-order valence-electron chi connectivity index (χ1n) is 13.6. The number of sulfonamides is 1. The van der Waals surface area contributed by atoms with Crippen LogP contribution < -0.4 is 0 Å². The molecule has 0 amide bonds. The van der Waals surface area contributed by atoms with Crippen LogP contribution in [-0.2, 0) is 19.6 Å². The number of methoxy groups -OCH3 is 1. The van der Waals surface area contributed by atoms with Gasteiger partial charge in [-0.3, -0.25) is 9.79 Å². The van der Waals surface area contributed by atoms with Crippen molar-refractivity contribution in [3.63, 3.8) is 0 Å². The van der Waals surface area contributed by atoms with Crippen molar-refractivity contribution in [1.29, 1.82) is 0 Å². The Kier molecular flexibility index (Phi) is 10.1. The molecule has 0 aliphatic rings. The number of carbonyl (C=O) groups is 1. The molecule has 0 aliphatic heterocycles. The number of benzene rings is 4. The highest BCUT2D eigenvalue weighted by Gasteiger charge is 2.36. The van der Waals surface area contributed by atoms with Gasteiger partial charge in [-0.1, -0.05) is 108 Å². The lowest BCUT2D eigenvalue weighted by molar-refractivity contribution is -0.141. The van der Waals surface area contributed by atoms with Crippen molar-refractivity contribution in [1.82, 2.24) is 4.31 Å². The molecule has 4 rings (SSSR count). The van der Waals surface area contributed by atoms with E-state index in [1.165, 1.54) is 11.4 Å². The van der Waals surface area contributed by atoms with E-state index in [0.717, 1.165) is 22.3 Å². The number of carbonyl (C=O) groups excluding carboxylic acids is 1. The van der Waals surface area contributed by atoms with Crippen molar-refractivity contribution >= 4 is 21.7 Å². The Morgan fingerprint density at radius 3 is 1.88 bits per heavy atom. The van der Waals surface area contributed by atoms with E-state index in [1.54, 1.807) is 31.2 Å². The maximum Gasteiger partial charge on any atom is 0.308 e. The van der Waals surface area contributed by atoms with Crippen molar-refractivity contribution in [2.45, 2.75) is 30.7 Å². The molecule has 4 aromatic carbocycles. The zero-order valence-electron chi connectivity index (χ0n) is 24.0. The van der Waals surface area contributed by atoms with Gasteiger partial charge in [-0.15, -0.1) is 0 Å². The van der Waals surface area contributed by atoms with Gasteiger partial charge < -0.3 is 4.74 Å². The Morgan fingerprint density at radius 1 is 0.833 bits per heavy atom. The van der Waals surface area contributed by atoms with Crippen molar-refractivity contribution in [2.24, 2.45) is 4.99 Å². The van der Waals surface area contributed by atoms with Crippen LogP contribution in [0.2, 0.25) is 0 Å². The lowest BCUT2D eigenvalue weighted by Gasteiger charge is -2.31. The Labute approximate surface area is 248 Å². The van der Waals surface area contributed by atoms with Gasteiger partial charge in [0.1, 0.15) is 0 Å². The first kappa shape index (κ1) is 30.4. The third kappa shape index (κ3) is 8.03. The Morgan fingerprint density at radius 2 is 1.36 bits per heavy atom. The maximum atomic E-state index is 14.0. The van der Waals surface area contributed by atoms with Crippen LogP contribution in [0.25, 0.3) is 0 Å². The summed E-state index contributed by atoms with van der Waals surface area (Å²) in [6.45, 7) is 3.47. The van der Waals surface area contributed by atoms with Gasteiger partial charge in [0.25, 0.3) is 0 Å². The van der Waals surface area contributed by atoms with Crippen LogP contribution in [0.5, 0.6) is 0 Å². The summed E-state index contributed by atoms with van der Waals surface area (Å²) in [4.78, 5) is 18.0. The number of hydrogen-bond acceptors (Lipinski definition) is 5. The minimum absolute atomic E-state index is 0.0939. The Hall–Kier alpha value is -4.51. The topological polar surface area (TPSA) is 76.0 Å². The quantitative estimate of drug-likeness (QED) is 0.133. The zero-order valence-corrected chi connectivity index (χ0v) is 24.8. The molecule has 4 aromatic rings. The predicted octanol–water partition coefficient (Wildman–Crippen LogP) is 5.90. The molecule has 1 atom stereocenters. The van der Waals surface area contributed by atoms with Crippen LogP contribution in [0.15, 0.2) is 125 Å². The average Bonchev–Trinajstić information content (AvgIpc) is 3.01. The van der Waals surface area contributed by atoms with Gasteiger partial charge in [-0.2, -0.15) is 4.31 Å². The molecule has 0 saturated heterocycles. The Bertz CT molecular complexity index is 1630. The molecule has 214 valence electrons. The highest BCUT2D eigenvalue weighted by molar-refractivity contribution is 7.89. The standard InChI is InChI=1S/C35H34N2O4S/c1-28-21-23-32(24-22-28)42(39,40)37(25-13-16-29-14-7-4-8-15-29)27-35(2,26-33(38)41-3)36-34(30-17-9-5-10-18-30)31-19-11-6-12-20-31/h4-12,14-15,17-24H,25-27H2,1-3H3. The summed E-state index contributed by atoms with van der Waals surface area (Å²) in [5, 5.41) is 0. The molecule has 6 nitrogen and oxygen atoms in total. The van der Waals surface area contributed by atoms with Gasteiger partial charge in [0.15, 0.2) is 0 Å². The van der Waals surface area contributed by atoms with E-state index in [-0.39, 0.29) is 24.4 Å². The minimum Gasteiger partial charge on any atom is -0.469 e. The van der Waals surface area contributed by atoms with E-state index in [1.807, 2.05) is 97.9 Å². The van der Waals surface area contributed by atoms with E-state index in [4.69, 9.17) is 9.73 Å². The van der Waals surface area contributed by atoms with Gasteiger partial charge in [-0.25, -0.2) is 8.42 Å². The first-order chi connectivity index (χ1) is 20.2. The van der Waals surface area contributed by atoms with Gasteiger partial charge >= 0.3 is 5.97 Å². The van der Waals surface area contributed by atoms with Crippen LogP contribution >= 0.6 is 0 Å². The molecule has 0 aromatic heterocycles. The second-order valence-electron chi connectivity index (χ2n) is 10.2. The summed E-state index contributed by atoms with van der Waals surface area (Å²) in [7, 11) is -2.69. The largest absolute Gasteiger partial charge is 0.469 e. The van der Waals surface area contributed by atoms with Crippen LogP contribution in [0.4, 0.5) is 0 Å². The average molecular weight is 579 g/mol. The van der Waals surface area contributed by atoms with E-state index in [9.17, 15) is 13.2 Å². The molecule has 0 saturated carbocycles. The zero-order chi connectivity index (χ0) is 30.0. The second-order valence-corrected chi connectivity index (χ2v) is 12.1. The third-order valence-corrected chi connectivity index (χ3v) is 8.47. The number of hydrogen-bond donors (Lipinski definition) is 0. The molecule has 0 radical (unpaired) electrons. The highest BCUT2D eigenvalue weighted by Crippen LogP contribution is 2.26. The van der Waals surface area contributed by atoms with Crippen LogP contribution in [0.3, 0.4) is 0 Å². The van der Waals surface area contributed by atoms with E-state index in [2.05, 4.69) is 11.8 Å². The van der Waals surface area contributed by atoms with Crippen molar-refractivity contribution in [3.05, 3.63) is 138 Å². The van der Waals surface area contributed by atoms with Crippen LogP contribution in [-0.4, -0.2) is 50.1 Å². The number of aryl methyl sites for hydroxylation is 1. The number of ether oxygens (including phenoxy) is 1.